The van der Waals surface area contributed by atoms with Crippen LogP contribution in [0, 0.1) is 6.92 Å². The average Bonchev–Trinajstić information content (AvgIpc) is 2.97. The molecule has 230 valence electrons. The summed E-state index contributed by atoms with van der Waals surface area (Å²) in [5, 5.41) is 75.0. The topological polar surface area (TPSA) is 247 Å². The molecule has 5 rings (SSSR count). The number of phenols is 1. The molecule has 2 aromatic rings. The molecule has 1 aliphatic heterocycles. The minimum absolute atomic E-state index is 0.0790. The zero-order valence-corrected chi connectivity index (χ0v) is 23.1. The van der Waals surface area contributed by atoms with E-state index in [1.807, 2.05) is 0 Å². The Morgan fingerprint density at radius 1 is 0.977 bits per heavy atom. The fraction of sp³-hybridized carbons (Fsp3) is 0.429. The number of ether oxygens (including phenoxy) is 4. The lowest BCUT2D eigenvalue weighted by atomic mass is 9.60. The van der Waals surface area contributed by atoms with Gasteiger partial charge in [-0.15, -0.1) is 0 Å². The first kappa shape index (κ1) is 30.5. The Hall–Kier alpha value is -3.96. The number of aromatic hydroxyl groups is 1. The zero-order valence-electron chi connectivity index (χ0n) is 23.1. The number of benzene rings is 2. The van der Waals surface area contributed by atoms with Crippen LogP contribution in [-0.2, 0) is 19.0 Å². The molecule has 43 heavy (non-hydrogen) atoms. The molecule has 1 saturated heterocycles. The van der Waals surface area contributed by atoms with Crippen LogP contribution in [-0.4, -0.2) is 121 Å². The summed E-state index contributed by atoms with van der Waals surface area (Å²) in [6.45, 7) is 2.71. The highest BCUT2D eigenvalue weighted by molar-refractivity contribution is 6.35. The third kappa shape index (κ3) is 3.87. The number of aliphatic hydroxyl groups excluding tert-OH is 4. The molecule has 2 aliphatic carbocycles. The maximum absolute atomic E-state index is 13.7. The second-order valence-electron chi connectivity index (χ2n) is 10.6. The van der Waals surface area contributed by atoms with Gasteiger partial charge in [0.15, 0.2) is 6.10 Å². The summed E-state index contributed by atoms with van der Waals surface area (Å²) >= 11 is 0. The van der Waals surface area contributed by atoms with E-state index in [1.54, 1.807) is 0 Å². The highest BCUT2D eigenvalue weighted by Crippen LogP contribution is 2.49. The van der Waals surface area contributed by atoms with Gasteiger partial charge >= 0.3 is 5.97 Å². The van der Waals surface area contributed by atoms with Crippen LogP contribution in [0.2, 0.25) is 0 Å². The van der Waals surface area contributed by atoms with Gasteiger partial charge in [0.2, 0.25) is 34.8 Å². The van der Waals surface area contributed by atoms with Gasteiger partial charge in [0.25, 0.3) is 0 Å². The van der Waals surface area contributed by atoms with Crippen LogP contribution in [0.1, 0.15) is 43.6 Å². The van der Waals surface area contributed by atoms with Crippen molar-refractivity contribution in [2.24, 2.45) is 0 Å². The molecule has 8 atom stereocenters. The predicted molar refractivity (Wildman–Crippen MR) is 139 cm³/mol. The van der Waals surface area contributed by atoms with Crippen molar-refractivity contribution in [1.29, 1.82) is 0 Å². The molecule has 15 heteroatoms. The number of hydrogen-bond donors (Lipinski definition) is 7. The van der Waals surface area contributed by atoms with Gasteiger partial charge in [-0.1, -0.05) is 0 Å². The molecule has 0 saturated carbocycles. The third-order valence-corrected chi connectivity index (χ3v) is 8.28. The van der Waals surface area contributed by atoms with Gasteiger partial charge in [0.1, 0.15) is 41.1 Å². The molecular formula is C28H28O15. The molecule has 0 radical (unpaired) electrons. The minimum atomic E-state index is -3.54. The number of Topliss-reactive ketones (excluding diaryl/α,β-unsaturated/α-hetero) is 2. The van der Waals surface area contributed by atoms with Gasteiger partial charge in [-0.25, -0.2) is 4.79 Å². The molecule has 7 N–H and O–H groups in total. The summed E-state index contributed by atoms with van der Waals surface area (Å²) in [5.41, 5.74) is -8.95. The van der Waals surface area contributed by atoms with E-state index in [-0.39, 0.29) is 27.6 Å². The molecule has 0 amide bonds. The first-order valence-electron chi connectivity index (χ1n) is 12.9. The third-order valence-electron chi connectivity index (χ3n) is 8.28. The van der Waals surface area contributed by atoms with Crippen molar-refractivity contribution in [1.82, 2.24) is 0 Å². The Kier molecular flexibility index (Phi) is 7.13. The second kappa shape index (κ2) is 10.1. The summed E-state index contributed by atoms with van der Waals surface area (Å²) in [6.07, 6.45) is -9.38. The van der Waals surface area contributed by atoms with Crippen LogP contribution < -0.4 is 4.74 Å². The summed E-state index contributed by atoms with van der Waals surface area (Å²) in [5.74, 6) is -7.47. The average molecular weight is 605 g/mol. The Labute approximate surface area is 242 Å². The van der Waals surface area contributed by atoms with Gasteiger partial charge < -0.3 is 54.7 Å². The highest BCUT2D eigenvalue weighted by Gasteiger charge is 2.73. The number of aryl methyl sites for hydroxylation is 1. The van der Waals surface area contributed by atoms with Crippen molar-refractivity contribution in [2.45, 2.75) is 61.9 Å². The number of rotatable bonds is 4. The van der Waals surface area contributed by atoms with E-state index in [0.717, 1.165) is 26.4 Å². The molecule has 8 unspecified atom stereocenters. The molecule has 3 aliphatic rings. The maximum atomic E-state index is 13.7. The Balaban J connectivity index is 1.75. The number of aliphatic hydroxyl groups is 6. The van der Waals surface area contributed by atoms with E-state index < -0.39 is 94.0 Å². The quantitative estimate of drug-likeness (QED) is 0.150. The summed E-state index contributed by atoms with van der Waals surface area (Å²) < 4.78 is 20.9. The first-order valence-corrected chi connectivity index (χ1v) is 12.9. The fourth-order valence-electron chi connectivity index (χ4n) is 5.85. The lowest BCUT2D eigenvalue weighted by Crippen LogP contribution is -2.76. The first-order chi connectivity index (χ1) is 20.1. The number of methoxy groups -OCH3 is 2. The van der Waals surface area contributed by atoms with Gasteiger partial charge in [-0.2, -0.15) is 0 Å². The number of carbonyl (C=O) groups excluding carboxylic acids is 4. The van der Waals surface area contributed by atoms with E-state index in [2.05, 4.69) is 0 Å². The predicted octanol–water partition coefficient (Wildman–Crippen LogP) is -1.84. The Bertz CT molecular complexity index is 1630. The summed E-state index contributed by atoms with van der Waals surface area (Å²) in [7, 11) is 2.06. The van der Waals surface area contributed by atoms with Crippen molar-refractivity contribution < 1.29 is 73.9 Å². The van der Waals surface area contributed by atoms with Gasteiger partial charge in [-0.05, 0) is 36.9 Å². The lowest BCUT2D eigenvalue weighted by molar-refractivity contribution is -0.268. The van der Waals surface area contributed by atoms with Gasteiger partial charge in [-0.3, -0.25) is 14.4 Å². The van der Waals surface area contributed by atoms with E-state index >= 15 is 0 Å². The van der Waals surface area contributed by atoms with Crippen LogP contribution in [0.3, 0.4) is 0 Å². The van der Waals surface area contributed by atoms with Crippen LogP contribution >= 0.6 is 0 Å². The van der Waals surface area contributed by atoms with E-state index in [0.29, 0.717) is 6.08 Å². The molecule has 0 aromatic heterocycles. The van der Waals surface area contributed by atoms with Crippen molar-refractivity contribution in [3.63, 3.8) is 0 Å². The van der Waals surface area contributed by atoms with Gasteiger partial charge in [0.05, 0.1) is 25.9 Å². The highest BCUT2D eigenvalue weighted by atomic mass is 16.7. The fourth-order valence-corrected chi connectivity index (χ4v) is 5.85. The number of fused-ring (bicyclic) bond motifs is 3. The zero-order chi connectivity index (χ0) is 31.9. The van der Waals surface area contributed by atoms with Crippen molar-refractivity contribution in [2.75, 3.05) is 14.2 Å². The Morgan fingerprint density at radius 3 is 2.23 bits per heavy atom. The van der Waals surface area contributed by atoms with E-state index in [9.17, 15) is 54.9 Å². The molecule has 0 spiro atoms. The van der Waals surface area contributed by atoms with Crippen molar-refractivity contribution >= 4 is 34.1 Å². The van der Waals surface area contributed by atoms with Crippen molar-refractivity contribution in [3.8, 4) is 11.5 Å². The smallest absolute Gasteiger partial charge is 0.341 e. The Morgan fingerprint density at radius 2 is 1.63 bits per heavy atom. The van der Waals surface area contributed by atoms with Crippen LogP contribution in [0.15, 0.2) is 24.0 Å². The molecule has 1 fully saturated rings. The number of hydrogen-bond acceptors (Lipinski definition) is 15. The van der Waals surface area contributed by atoms with Crippen molar-refractivity contribution in [3.05, 3.63) is 46.2 Å². The lowest BCUT2D eigenvalue weighted by Gasteiger charge is -2.47. The van der Waals surface area contributed by atoms with Gasteiger partial charge in [0, 0.05) is 17.0 Å². The van der Waals surface area contributed by atoms with E-state index in [4.69, 9.17) is 18.9 Å². The van der Waals surface area contributed by atoms with Crippen LogP contribution in [0.4, 0.5) is 0 Å². The standard InChI is InChI=1S/C28H28O15/c1-8-15-10(6-12(16(8)25(37)41-4)43-26-21(33)20(32)18(30)9(2)42-26)5-11-17(19(15)31)24(36)27(38)14(29)7-13(40-3)23(35)28(27,39)22(11)34/h5-7,9,18,20-21,23,26,30-33,35,38-39H,1-4H3. The molecular weight excluding hydrogens is 576 g/mol. The molecule has 2 aromatic carbocycles. The number of ketones is 3. The van der Waals surface area contributed by atoms with Crippen LogP contribution in [0.5, 0.6) is 11.5 Å². The molecule has 15 nitrogen and oxygen atoms in total. The number of phenolic OH excluding ortho intramolecular Hbond substituents is 1. The van der Waals surface area contributed by atoms with Crippen LogP contribution in [0.25, 0.3) is 10.8 Å². The maximum Gasteiger partial charge on any atom is 0.341 e. The largest absolute Gasteiger partial charge is 0.507 e. The monoisotopic (exact) mass is 604 g/mol. The SMILES string of the molecule is COC(=O)c1c(OC2OC(C)C(O)C(O)C2O)cc2cc3c(c(O)c2c1C)C(=O)C1(O)C(=O)C=C(OC)C(O)C1(O)C3=O. The number of esters is 1. The normalized spacial score (nSPS) is 33.9. The number of carbonyl (C=O) groups is 4. The second-order valence-corrected chi connectivity index (χ2v) is 10.6. The minimum Gasteiger partial charge on any atom is -0.507 e. The summed E-state index contributed by atoms with van der Waals surface area (Å²) in [4.78, 5) is 53.2. The summed E-state index contributed by atoms with van der Waals surface area (Å²) in [6, 6.07) is 2.11. The molecule has 1 heterocycles. The molecule has 0 bridgehead atoms. The van der Waals surface area contributed by atoms with E-state index in [1.165, 1.54) is 13.8 Å².